The number of amides is 1. The minimum atomic E-state index is -0.872. The van der Waals surface area contributed by atoms with Crippen LogP contribution in [0.1, 0.15) is 36.7 Å². The number of carbonyl (C=O) groups is 1. The summed E-state index contributed by atoms with van der Waals surface area (Å²) in [5.41, 5.74) is 1.20. The summed E-state index contributed by atoms with van der Waals surface area (Å²) >= 11 is 1.19. The predicted octanol–water partition coefficient (Wildman–Crippen LogP) is 1.84. The summed E-state index contributed by atoms with van der Waals surface area (Å²) < 4.78 is 15.1. The van der Waals surface area contributed by atoms with Crippen molar-refractivity contribution in [3.63, 3.8) is 0 Å². The van der Waals surface area contributed by atoms with E-state index >= 15 is 0 Å². The Hall–Kier alpha value is -2.88. The molecule has 29 heavy (non-hydrogen) atoms. The summed E-state index contributed by atoms with van der Waals surface area (Å²) in [5.74, 6) is -0.992. The second-order valence-electron chi connectivity index (χ2n) is 7.00. The van der Waals surface area contributed by atoms with E-state index in [9.17, 15) is 14.0 Å². The number of hydrogen-bond donors (Lipinski definition) is 1. The lowest BCUT2D eigenvalue weighted by Gasteiger charge is -2.22. The molecular weight excluding hydrogens is 395 g/mol. The van der Waals surface area contributed by atoms with Crippen molar-refractivity contribution in [1.82, 2.24) is 24.9 Å². The summed E-state index contributed by atoms with van der Waals surface area (Å²) in [5, 5.41) is 7.67. The smallest absolute Gasteiger partial charge is 0.311 e. The van der Waals surface area contributed by atoms with E-state index in [-0.39, 0.29) is 11.6 Å². The van der Waals surface area contributed by atoms with Crippen molar-refractivity contribution in [1.29, 1.82) is 0 Å². The lowest BCUT2D eigenvalue weighted by Crippen LogP contribution is -2.43. The number of halogens is 1. The minimum absolute atomic E-state index is 0.120. The molecule has 10 heteroatoms. The number of aromatic nitrogens is 4. The summed E-state index contributed by atoms with van der Waals surface area (Å²) in [4.78, 5) is 35.7. The van der Waals surface area contributed by atoms with Crippen molar-refractivity contribution in [2.45, 2.75) is 45.7 Å². The Bertz CT molecular complexity index is 1130. The van der Waals surface area contributed by atoms with Gasteiger partial charge in [-0.2, -0.15) is 8.91 Å². The van der Waals surface area contributed by atoms with Gasteiger partial charge in [-0.25, -0.2) is 4.98 Å². The highest BCUT2D eigenvalue weighted by atomic mass is 32.1. The summed E-state index contributed by atoms with van der Waals surface area (Å²) in [6.45, 7) is 4.70. The Balaban J connectivity index is 1.55. The zero-order valence-electron chi connectivity index (χ0n) is 16.2. The predicted molar refractivity (Wildman–Crippen MR) is 108 cm³/mol. The van der Waals surface area contributed by atoms with Gasteiger partial charge in [-0.15, -0.1) is 5.10 Å². The van der Waals surface area contributed by atoms with Crippen LogP contribution >= 0.6 is 11.3 Å². The van der Waals surface area contributed by atoms with E-state index in [1.165, 1.54) is 11.3 Å². The highest BCUT2D eigenvalue weighted by Gasteiger charge is 2.33. The Morgan fingerprint density at radius 3 is 3.03 bits per heavy atom. The molecule has 0 bridgehead atoms. The number of nitrogens with zero attached hydrogens (tertiary/aromatic N) is 5. The van der Waals surface area contributed by atoms with Crippen LogP contribution in [0.25, 0.3) is 4.96 Å². The van der Waals surface area contributed by atoms with Crippen molar-refractivity contribution < 1.29 is 9.18 Å². The van der Waals surface area contributed by atoms with E-state index in [2.05, 4.69) is 20.4 Å². The lowest BCUT2D eigenvalue weighted by molar-refractivity contribution is -0.122. The molecule has 1 saturated heterocycles. The molecule has 1 aliphatic heterocycles. The van der Waals surface area contributed by atoms with E-state index < -0.39 is 17.4 Å². The van der Waals surface area contributed by atoms with Gasteiger partial charge in [0.25, 0.3) is 0 Å². The number of pyridine rings is 1. The average Bonchev–Trinajstić information content (AvgIpc) is 3.36. The summed E-state index contributed by atoms with van der Waals surface area (Å²) in [6.07, 6.45) is 3.55. The standard InChI is InChI=1S/C19H21FN6O2S/c1-3-13-15(20)17(28)26-18(23-13)29-19(24-26)25-8-4-5-14(25)16(27)22-10-12-9-11(2)6-7-21-12/h6-7,9,14H,3-5,8,10H2,1-2H3,(H,22,27). The molecule has 3 aromatic heterocycles. The number of hydrogen-bond acceptors (Lipinski definition) is 7. The van der Waals surface area contributed by atoms with Crippen LogP contribution < -0.4 is 15.8 Å². The highest BCUT2D eigenvalue weighted by molar-refractivity contribution is 7.20. The zero-order chi connectivity index (χ0) is 20.5. The molecule has 0 spiro atoms. The van der Waals surface area contributed by atoms with Crippen LogP contribution in [-0.4, -0.2) is 38.1 Å². The fraction of sp³-hybridized carbons (Fsp3) is 0.421. The van der Waals surface area contributed by atoms with Crippen LogP contribution in [0.15, 0.2) is 23.1 Å². The number of carbonyl (C=O) groups excluding carboxylic acids is 1. The van der Waals surface area contributed by atoms with Crippen molar-refractivity contribution in [2.75, 3.05) is 11.4 Å². The van der Waals surface area contributed by atoms with E-state index in [0.29, 0.717) is 36.0 Å². The van der Waals surface area contributed by atoms with Gasteiger partial charge in [0.1, 0.15) is 6.04 Å². The quantitative estimate of drug-likeness (QED) is 0.682. The van der Waals surface area contributed by atoms with Crippen molar-refractivity contribution in [3.05, 3.63) is 51.5 Å². The fourth-order valence-corrected chi connectivity index (χ4v) is 4.45. The molecule has 1 fully saturated rings. The topological polar surface area (TPSA) is 92.5 Å². The molecule has 8 nitrogen and oxygen atoms in total. The molecule has 1 aliphatic rings. The largest absolute Gasteiger partial charge is 0.349 e. The van der Waals surface area contributed by atoms with Gasteiger partial charge in [-0.1, -0.05) is 18.3 Å². The van der Waals surface area contributed by atoms with Crippen LogP contribution in [0.2, 0.25) is 0 Å². The van der Waals surface area contributed by atoms with E-state index in [4.69, 9.17) is 0 Å². The molecule has 1 unspecified atom stereocenters. The molecule has 4 heterocycles. The maximum Gasteiger partial charge on any atom is 0.311 e. The molecule has 0 aliphatic carbocycles. The molecule has 4 rings (SSSR count). The van der Waals surface area contributed by atoms with Crippen LogP contribution in [-0.2, 0) is 17.8 Å². The Morgan fingerprint density at radius 1 is 1.45 bits per heavy atom. The molecule has 0 saturated carbocycles. The van der Waals surface area contributed by atoms with Gasteiger partial charge in [-0.05, 0) is 43.9 Å². The van der Waals surface area contributed by atoms with E-state index in [1.54, 1.807) is 13.1 Å². The third-order valence-corrected chi connectivity index (χ3v) is 5.91. The average molecular weight is 416 g/mol. The fourth-order valence-electron chi connectivity index (χ4n) is 3.47. The van der Waals surface area contributed by atoms with Gasteiger partial charge in [0, 0.05) is 12.7 Å². The lowest BCUT2D eigenvalue weighted by atomic mass is 10.2. The molecule has 152 valence electrons. The first kappa shape index (κ1) is 19.4. The van der Waals surface area contributed by atoms with Crippen molar-refractivity contribution in [3.8, 4) is 0 Å². The number of rotatable bonds is 5. The maximum atomic E-state index is 14.1. The van der Waals surface area contributed by atoms with Crippen LogP contribution in [0.3, 0.4) is 0 Å². The number of anilines is 1. The third-order valence-electron chi connectivity index (χ3n) is 4.97. The van der Waals surface area contributed by atoms with Crippen LogP contribution in [0, 0.1) is 12.7 Å². The maximum absolute atomic E-state index is 14.1. The first-order valence-electron chi connectivity index (χ1n) is 9.52. The minimum Gasteiger partial charge on any atom is -0.349 e. The van der Waals surface area contributed by atoms with Crippen LogP contribution in [0.5, 0.6) is 0 Å². The number of nitrogens with one attached hydrogen (secondary N) is 1. The Labute approximate surface area is 170 Å². The van der Waals surface area contributed by atoms with E-state index in [1.807, 2.05) is 24.0 Å². The first-order valence-corrected chi connectivity index (χ1v) is 10.3. The molecule has 1 amide bonds. The summed E-state index contributed by atoms with van der Waals surface area (Å²) in [7, 11) is 0. The molecule has 1 N–H and O–H groups in total. The molecular formula is C19H21FN6O2S. The van der Waals surface area contributed by atoms with Gasteiger partial charge < -0.3 is 10.2 Å². The molecule has 3 aromatic rings. The Morgan fingerprint density at radius 2 is 2.28 bits per heavy atom. The van der Waals surface area contributed by atoms with Crippen molar-refractivity contribution >= 4 is 27.3 Å². The van der Waals surface area contributed by atoms with E-state index in [0.717, 1.165) is 22.2 Å². The summed E-state index contributed by atoms with van der Waals surface area (Å²) in [6, 6.07) is 3.43. The monoisotopic (exact) mass is 416 g/mol. The second kappa shape index (κ2) is 7.86. The van der Waals surface area contributed by atoms with Crippen molar-refractivity contribution in [2.24, 2.45) is 0 Å². The highest BCUT2D eigenvalue weighted by Crippen LogP contribution is 2.29. The number of aryl methyl sites for hydroxylation is 2. The molecule has 0 radical (unpaired) electrons. The Kier molecular flexibility index (Phi) is 5.27. The van der Waals surface area contributed by atoms with Gasteiger partial charge >= 0.3 is 5.56 Å². The first-order chi connectivity index (χ1) is 14.0. The van der Waals surface area contributed by atoms with Gasteiger partial charge in [-0.3, -0.25) is 14.6 Å². The normalized spacial score (nSPS) is 16.5. The molecule has 1 atom stereocenters. The van der Waals surface area contributed by atoms with Gasteiger partial charge in [0.2, 0.25) is 21.8 Å². The molecule has 0 aromatic carbocycles. The van der Waals surface area contributed by atoms with Gasteiger partial charge in [0.15, 0.2) is 0 Å². The second-order valence-corrected chi connectivity index (χ2v) is 7.94. The third kappa shape index (κ3) is 3.71. The number of fused-ring (bicyclic) bond motifs is 1. The SMILES string of the molecule is CCc1nc2sc(N3CCCC3C(=O)NCc3cc(C)ccn3)nn2c(=O)c1F. The van der Waals surface area contributed by atoms with Gasteiger partial charge in [0.05, 0.1) is 17.9 Å². The van der Waals surface area contributed by atoms with Crippen LogP contribution in [0.4, 0.5) is 9.52 Å². The zero-order valence-corrected chi connectivity index (χ0v) is 17.0.